The van der Waals surface area contributed by atoms with Gasteiger partial charge in [0.05, 0.1) is 12.1 Å². The maximum absolute atomic E-state index is 10.1. The normalized spacial score (nSPS) is 45.7. The molecular weight excluding hydrogens is 178 g/mol. The molecule has 1 fully saturated rings. The number of rotatable bonds is 2. The minimum Gasteiger partial charge on any atom is -0.388 e. The molecule has 1 amide bonds. The Kier molecular flexibility index (Phi) is 3.21. The molecule has 3 unspecified atom stereocenters. The Balaban J connectivity index is 2.66. The zero-order valence-corrected chi connectivity index (χ0v) is 7.12. The zero-order chi connectivity index (χ0) is 10.0. The molecule has 0 saturated carbocycles. The molecule has 0 radical (unpaired) electrons. The maximum atomic E-state index is 10.1. The molecule has 1 saturated heterocycles. The number of hydrogen-bond acceptors (Lipinski definition) is 5. The van der Waals surface area contributed by atoms with Gasteiger partial charge in [0.2, 0.25) is 6.41 Å². The van der Waals surface area contributed by atoms with Crippen LogP contribution in [-0.4, -0.2) is 52.4 Å². The van der Waals surface area contributed by atoms with Crippen LogP contribution in [0.4, 0.5) is 0 Å². The topological polar surface area (TPSA) is 99.0 Å². The highest BCUT2D eigenvalue weighted by atomic mass is 16.6. The molecule has 5 atom stereocenters. The van der Waals surface area contributed by atoms with Gasteiger partial charge >= 0.3 is 0 Å². The highest BCUT2D eigenvalue weighted by molar-refractivity contribution is 5.47. The van der Waals surface area contributed by atoms with E-state index in [2.05, 4.69) is 5.32 Å². The summed E-state index contributed by atoms with van der Waals surface area (Å²) >= 11 is 0. The van der Waals surface area contributed by atoms with Crippen LogP contribution in [0.3, 0.4) is 0 Å². The van der Waals surface area contributed by atoms with Crippen molar-refractivity contribution in [2.45, 2.75) is 37.6 Å². The SMILES string of the molecule is CC1O[C@@H](O)C(O)C(O)[C@@H]1NC=O. The summed E-state index contributed by atoms with van der Waals surface area (Å²) in [6, 6.07) is -0.698. The number of aliphatic hydroxyl groups excluding tert-OH is 3. The molecule has 1 rings (SSSR count). The Morgan fingerprint density at radius 3 is 2.46 bits per heavy atom. The van der Waals surface area contributed by atoms with Gasteiger partial charge < -0.3 is 25.4 Å². The summed E-state index contributed by atoms with van der Waals surface area (Å²) in [5.41, 5.74) is 0. The minimum absolute atomic E-state index is 0.415. The predicted molar refractivity (Wildman–Crippen MR) is 41.6 cm³/mol. The zero-order valence-electron chi connectivity index (χ0n) is 7.12. The van der Waals surface area contributed by atoms with E-state index in [-0.39, 0.29) is 0 Å². The van der Waals surface area contributed by atoms with E-state index in [1.807, 2.05) is 0 Å². The highest BCUT2D eigenvalue weighted by Crippen LogP contribution is 2.18. The van der Waals surface area contributed by atoms with Crippen LogP contribution >= 0.6 is 0 Å². The molecule has 0 spiro atoms. The first kappa shape index (κ1) is 10.4. The molecule has 13 heavy (non-hydrogen) atoms. The third-order valence-corrected chi connectivity index (χ3v) is 2.13. The molecule has 6 nitrogen and oxygen atoms in total. The number of aliphatic hydroxyl groups is 3. The van der Waals surface area contributed by atoms with Gasteiger partial charge in [-0.3, -0.25) is 4.79 Å². The van der Waals surface area contributed by atoms with Crippen LogP contribution in [0.25, 0.3) is 0 Å². The third-order valence-electron chi connectivity index (χ3n) is 2.13. The summed E-state index contributed by atoms with van der Waals surface area (Å²) < 4.78 is 4.86. The molecule has 1 heterocycles. The van der Waals surface area contributed by atoms with Gasteiger partial charge in [0.1, 0.15) is 12.2 Å². The van der Waals surface area contributed by atoms with E-state index < -0.39 is 30.6 Å². The lowest BCUT2D eigenvalue weighted by Gasteiger charge is -2.39. The smallest absolute Gasteiger partial charge is 0.207 e. The van der Waals surface area contributed by atoms with E-state index in [0.29, 0.717) is 6.41 Å². The van der Waals surface area contributed by atoms with Crippen molar-refractivity contribution in [1.29, 1.82) is 0 Å². The molecular formula is C7H13NO5. The van der Waals surface area contributed by atoms with Gasteiger partial charge in [-0.15, -0.1) is 0 Å². The second-order valence-corrected chi connectivity index (χ2v) is 3.02. The molecule has 0 bridgehead atoms. The van der Waals surface area contributed by atoms with Crippen LogP contribution in [-0.2, 0) is 9.53 Å². The van der Waals surface area contributed by atoms with Crippen LogP contribution in [0.15, 0.2) is 0 Å². The Morgan fingerprint density at radius 1 is 1.31 bits per heavy atom. The van der Waals surface area contributed by atoms with Crippen LogP contribution in [0.5, 0.6) is 0 Å². The van der Waals surface area contributed by atoms with Crippen molar-refractivity contribution in [2.75, 3.05) is 0 Å². The Morgan fingerprint density at radius 2 is 1.92 bits per heavy atom. The van der Waals surface area contributed by atoms with E-state index >= 15 is 0 Å². The lowest BCUT2D eigenvalue weighted by atomic mass is 9.97. The number of nitrogens with one attached hydrogen (secondary N) is 1. The number of ether oxygens (including phenoxy) is 1. The fraction of sp³-hybridized carbons (Fsp3) is 0.857. The molecule has 0 aromatic rings. The number of amides is 1. The Labute approximate surface area is 75.1 Å². The molecule has 1 aliphatic heterocycles. The highest BCUT2D eigenvalue weighted by Gasteiger charge is 2.41. The molecule has 1 aliphatic rings. The Bertz CT molecular complexity index is 188. The van der Waals surface area contributed by atoms with Crippen molar-refractivity contribution in [1.82, 2.24) is 5.32 Å². The second-order valence-electron chi connectivity index (χ2n) is 3.02. The van der Waals surface area contributed by atoms with Crippen molar-refractivity contribution >= 4 is 6.41 Å². The van der Waals surface area contributed by atoms with Gasteiger partial charge in [0, 0.05) is 0 Å². The van der Waals surface area contributed by atoms with E-state index in [1.165, 1.54) is 0 Å². The van der Waals surface area contributed by atoms with E-state index in [1.54, 1.807) is 6.92 Å². The average Bonchev–Trinajstić information content (AvgIpc) is 2.09. The summed E-state index contributed by atoms with van der Waals surface area (Å²) in [6.07, 6.45) is -4.15. The van der Waals surface area contributed by atoms with Gasteiger partial charge in [0.25, 0.3) is 0 Å². The van der Waals surface area contributed by atoms with Gasteiger partial charge in [-0.1, -0.05) is 0 Å². The lowest BCUT2D eigenvalue weighted by molar-refractivity contribution is -0.252. The Hall–Kier alpha value is -0.690. The van der Waals surface area contributed by atoms with Gasteiger partial charge in [-0.05, 0) is 6.92 Å². The van der Waals surface area contributed by atoms with Crippen LogP contribution in [0.2, 0.25) is 0 Å². The average molecular weight is 191 g/mol. The first-order valence-corrected chi connectivity index (χ1v) is 3.97. The standard InChI is InChI=1S/C7H13NO5/c1-3-4(8-2-9)5(10)6(11)7(12)13-3/h2-7,10-12H,1H3,(H,8,9)/t3?,4-,5?,6?,7-/m1/s1. The fourth-order valence-electron chi connectivity index (χ4n) is 1.36. The van der Waals surface area contributed by atoms with Crippen molar-refractivity contribution in [3.8, 4) is 0 Å². The largest absolute Gasteiger partial charge is 0.388 e. The summed E-state index contributed by atoms with van der Waals surface area (Å²) in [6.45, 7) is 1.58. The first-order chi connectivity index (χ1) is 6.07. The predicted octanol–water partition coefficient (Wildman–Crippen LogP) is -2.44. The van der Waals surface area contributed by atoms with Crippen molar-refractivity contribution < 1.29 is 24.9 Å². The summed E-state index contributed by atoms with van der Waals surface area (Å²) in [5.74, 6) is 0. The maximum Gasteiger partial charge on any atom is 0.207 e. The molecule has 76 valence electrons. The van der Waals surface area contributed by atoms with E-state index in [9.17, 15) is 15.0 Å². The summed E-state index contributed by atoms with van der Waals surface area (Å²) in [7, 11) is 0. The van der Waals surface area contributed by atoms with E-state index in [0.717, 1.165) is 0 Å². The minimum atomic E-state index is -1.41. The fourth-order valence-corrected chi connectivity index (χ4v) is 1.36. The van der Waals surface area contributed by atoms with Crippen LogP contribution in [0, 0.1) is 0 Å². The molecule has 6 heteroatoms. The third kappa shape index (κ3) is 1.97. The van der Waals surface area contributed by atoms with Crippen molar-refractivity contribution in [2.24, 2.45) is 0 Å². The van der Waals surface area contributed by atoms with Crippen molar-refractivity contribution in [3.63, 3.8) is 0 Å². The van der Waals surface area contributed by atoms with Crippen molar-refractivity contribution in [3.05, 3.63) is 0 Å². The lowest BCUT2D eigenvalue weighted by Crippen LogP contribution is -2.61. The summed E-state index contributed by atoms with van der Waals surface area (Å²) in [4.78, 5) is 10.1. The second kappa shape index (κ2) is 4.01. The summed E-state index contributed by atoms with van der Waals surface area (Å²) in [5, 5.41) is 29.9. The van der Waals surface area contributed by atoms with Gasteiger partial charge in [-0.2, -0.15) is 0 Å². The molecule has 4 N–H and O–H groups in total. The number of carbonyl (C=O) groups excluding carboxylic acids is 1. The first-order valence-electron chi connectivity index (χ1n) is 3.97. The number of hydrogen-bond donors (Lipinski definition) is 4. The monoisotopic (exact) mass is 191 g/mol. The number of carbonyl (C=O) groups is 1. The molecule has 0 aliphatic carbocycles. The van der Waals surface area contributed by atoms with Gasteiger partial charge in [-0.25, -0.2) is 0 Å². The van der Waals surface area contributed by atoms with Crippen LogP contribution < -0.4 is 5.32 Å². The quantitative estimate of drug-likeness (QED) is 0.363. The molecule has 0 aromatic carbocycles. The molecule has 0 aromatic heterocycles. The van der Waals surface area contributed by atoms with Gasteiger partial charge in [0.15, 0.2) is 6.29 Å². The van der Waals surface area contributed by atoms with Crippen LogP contribution in [0.1, 0.15) is 6.92 Å². The van der Waals surface area contributed by atoms with E-state index in [4.69, 9.17) is 9.84 Å².